The predicted octanol–water partition coefficient (Wildman–Crippen LogP) is 8.69. The Morgan fingerprint density at radius 3 is 2.06 bits per heavy atom. The maximum Gasteiger partial charge on any atom is 0.117 e. The Bertz CT molecular complexity index is 713. The van der Waals surface area contributed by atoms with Crippen LogP contribution in [0.1, 0.15) is 124 Å². The highest BCUT2D eigenvalue weighted by Crippen LogP contribution is 2.37. The molecule has 0 spiro atoms. The fourth-order valence-electron chi connectivity index (χ4n) is 5.05. The second kappa shape index (κ2) is 14.0. The molecule has 172 valence electrons. The van der Waals surface area contributed by atoms with Gasteiger partial charge in [-0.25, -0.2) is 0 Å². The molecule has 3 rings (SSSR count). The molecule has 1 aromatic heterocycles. The molecular formula is C28H44N2S. The molecule has 1 aliphatic carbocycles. The Kier molecular flexibility index (Phi) is 11.1. The normalized spacial score (nSPS) is 19.0. The van der Waals surface area contributed by atoms with Gasteiger partial charge in [0.05, 0.1) is 0 Å². The molecule has 0 amide bonds. The molecule has 0 saturated heterocycles. The van der Waals surface area contributed by atoms with Crippen molar-refractivity contribution in [1.82, 2.24) is 10.2 Å². The van der Waals surface area contributed by atoms with Crippen molar-refractivity contribution in [2.24, 2.45) is 5.92 Å². The average Bonchev–Trinajstić information content (AvgIpc) is 3.26. The molecule has 0 atom stereocenters. The Morgan fingerprint density at radius 2 is 1.35 bits per heavy atom. The van der Waals surface area contributed by atoms with E-state index in [1.165, 1.54) is 99.0 Å². The number of hydrogen-bond acceptors (Lipinski definition) is 3. The van der Waals surface area contributed by atoms with Gasteiger partial charge in [0, 0.05) is 12.8 Å². The molecule has 3 heteroatoms. The number of rotatable bonds is 14. The summed E-state index contributed by atoms with van der Waals surface area (Å²) in [6.07, 6.45) is 21.2. The van der Waals surface area contributed by atoms with Gasteiger partial charge in [0.1, 0.15) is 10.0 Å². The van der Waals surface area contributed by atoms with E-state index in [-0.39, 0.29) is 0 Å². The van der Waals surface area contributed by atoms with E-state index < -0.39 is 0 Å². The molecule has 1 heterocycles. The fraction of sp³-hybridized carbons (Fsp3) is 0.714. The zero-order chi connectivity index (χ0) is 21.7. The monoisotopic (exact) mass is 440 g/mol. The van der Waals surface area contributed by atoms with Crippen LogP contribution in [-0.4, -0.2) is 10.2 Å². The summed E-state index contributed by atoms with van der Waals surface area (Å²) in [5, 5.41) is 11.3. The Balaban J connectivity index is 1.36. The van der Waals surface area contributed by atoms with Gasteiger partial charge < -0.3 is 0 Å². The van der Waals surface area contributed by atoms with E-state index in [4.69, 9.17) is 0 Å². The lowest BCUT2D eigenvalue weighted by atomic mass is 9.77. The molecular weight excluding hydrogens is 396 g/mol. The largest absolute Gasteiger partial charge is 0.144 e. The third kappa shape index (κ3) is 8.67. The SMILES string of the molecule is CCCCCCCc1nnc(CCc2ccc(C3CCC(CCCCC)CC3)cc2)s1. The first-order chi connectivity index (χ1) is 15.3. The van der Waals surface area contributed by atoms with Crippen molar-refractivity contribution in [3.63, 3.8) is 0 Å². The first kappa shape index (κ1) is 24.4. The van der Waals surface area contributed by atoms with Crippen LogP contribution in [0.4, 0.5) is 0 Å². The minimum absolute atomic E-state index is 0.791. The summed E-state index contributed by atoms with van der Waals surface area (Å²) in [4.78, 5) is 0. The number of aryl methyl sites for hydroxylation is 3. The number of hydrogen-bond donors (Lipinski definition) is 0. The zero-order valence-electron chi connectivity index (χ0n) is 20.1. The molecule has 2 aromatic rings. The van der Waals surface area contributed by atoms with Gasteiger partial charge in [-0.05, 0) is 61.5 Å². The van der Waals surface area contributed by atoms with Gasteiger partial charge in [-0.2, -0.15) is 0 Å². The molecule has 1 fully saturated rings. The summed E-state index contributed by atoms with van der Waals surface area (Å²) in [5.74, 6) is 1.79. The summed E-state index contributed by atoms with van der Waals surface area (Å²) in [5.41, 5.74) is 3.00. The van der Waals surface area contributed by atoms with Gasteiger partial charge >= 0.3 is 0 Å². The molecule has 0 aliphatic heterocycles. The minimum atomic E-state index is 0.791. The van der Waals surface area contributed by atoms with Crippen LogP contribution in [0.25, 0.3) is 0 Å². The van der Waals surface area contributed by atoms with E-state index in [2.05, 4.69) is 48.3 Å². The van der Waals surface area contributed by atoms with Gasteiger partial charge in [0.15, 0.2) is 0 Å². The molecule has 2 nitrogen and oxygen atoms in total. The average molecular weight is 441 g/mol. The van der Waals surface area contributed by atoms with Crippen LogP contribution in [0.5, 0.6) is 0 Å². The highest BCUT2D eigenvalue weighted by atomic mass is 32.1. The maximum atomic E-state index is 4.44. The van der Waals surface area contributed by atoms with Gasteiger partial charge in [-0.15, -0.1) is 21.5 Å². The van der Waals surface area contributed by atoms with Crippen LogP contribution >= 0.6 is 11.3 Å². The Morgan fingerprint density at radius 1 is 0.710 bits per heavy atom. The van der Waals surface area contributed by atoms with E-state index in [9.17, 15) is 0 Å². The van der Waals surface area contributed by atoms with E-state index in [0.717, 1.165) is 31.1 Å². The van der Waals surface area contributed by atoms with Crippen LogP contribution in [0.3, 0.4) is 0 Å². The van der Waals surface area contributed by atoms with Crippen LogP contribution < -0.4 is 0 Å². The smallest absolute Gasteiger partial charge is 0.117 e. The first-order valence-corrected chi connectivity index (χ1v) is 14.0. The maximum absolute atomic E-state index is 4.44. The van der Waals surface area contributed by atoms with Crippen molar-refractivity contribution in [3.8, 4) is 0 Å². The quantitative estimate of drug-likeness (QED) is 0.274. The van der Waals surface area contributed by atoms with Gasteiger partial charge in [0.25, 0.3) is 0 Å². The molecule has 1 aromatic carbocycles. The lowest BCUT2D eigenvalue weighted by Gasteiger charge is -2.29. The van der Waals surface area contributed by atoms with Crippen LogP contribution in [0.15, 0.2) is 24.3 Å². The van der Waals surface area contributed by atoms with Crippen molar-refractivity contribution < 1.29 is 0 Å². The summed E-state index contributed by atoms with van der Waals surface area (Å²) in [7, 11) is 0. The Labute approximate surface area is 195 Å². The van der Waals surface area contributed by atoms with Gasteiger partial charge in [0.2, 0.25) is 0 Å². The first-order valence-electron chi connectivity index (χ1n) is 13.2. The van der Waals surface area contributed by atoms with Crippen molar-refractivity contribution >= 4 is 11.3 Å². The molecule has 0 radical (unpaired) electrons. The van der Waals surface area contributed by atoms with E-state index in [1.54, 1.807) is 5.56 Å². The number of aromatic nitrogens is 2. The van der Waals surface area contributed by atoms with Crippen molar-refractivity contribution in [3.05, 3.63) is 45.4 Å². The van der Waals surface area contributed by atoms with Gasteiger partial charge in [-0.3, -0.25) is 0 Å². The van der Waals surface area contributed by atoms with Crippen LogP contribution in [0, 0.1) is 5.92 Å². The summed E-state index contributed by atoms with van der Waals surface area (Å²) < 4.78 is 0. The third-order valence-corrected chi connectivity index (χ3v) is 8.19. The predicted molar refractivity (Wildman–Crippen MR) is 135 cm³/mol. The topological polar surface area (TPSA) is 25.8 Å². The Hall–Kier alpha value is -1.22. The molecule has 1 aliphatic rings. The molecule has 31 heavy (non-hydrogen) atoms. The van der Waals surface area contributed by atoms with E-state index >= 15 is 0 Å². The van der Waals surface area contributed by atoms with Crippen molar-refractivity contribution in [1.29, 1.82) is 0 Å². The lowest BCUT2D eigenvalue weighted by Crippen LogP contribution is -2.13. The number of nitrogens with zero attached hydrogens (tertiary/aromatic N) is 2. The summed E-state index contributed by atoms with van der Waals surface area (Å²) >= 11 is 1.83. The minimum Gasteiger partial charge on any atom is -0.144 e. The summed E-state index contributed by atoms with van der Waals surface area (Å²) in [6.45, 7) is 4.58. The third-order valence-electron chi connectivity index (χ3n) is 7.14. The summed E-state index contributed by atoms with van der Waals surface area (Å²) in [6, 6.07) is 9.52. The molecule has 1 saturated carbocycles. The molecule has 0 bridgehead atoms. The number of unbranched alkanes of at least 4 members (excludes halogenated alkanes) is 6. The van der Waals surface area contributed by atoms with E-state index in [1.807, 2.05) is 11.3 Å². The molecule has 0 unspecified atom stereocenters. The fourth-order valence-corrected chi connectivity index (χ4v) is 5.93. The second-order valence-electron chi connectivity index (χ2n) is 9.71. The van der Waals surface area contributed by atoms with Crippen molar-refractivity contribution in [2.75, 3.05) is 0 Å². The lowest BCUT2D eigenvalue weighted by molar-refractivity contribution is 0.303. The highest BCUT2D eigenvalue weighted by molar-refractivity contribution is 7.11. The van der Waals surface area contributed by atoms with E-state index in [0.29, 0.717) is 0 Å². The highest BCUT2D eigenvalue weighted by Gasteiger charge is 2.22. The van der Waals surface area contributed by atoms with Crippen molar-refractivity contribution in [2.45, 2.75) is 122 Å². The number of benzene rings is 1. The van der Waals surface area contributed by atoms with Crippen LogP contribution in [0.2, 0.25) is 0 Å². The van der Waals surface area contributed by atoms with Crippen LogP contribution in [-0.2, 0) is 19.3 Å². The standard InChI is InChI=1S/C28H44N2S/c1-3-5-7-8-10-12-27-29-30-28(31-27)22-17-24-15-20-26(21-16-24)25-18-13-23(14-19-25)11-9-6-4-2/h15-16,20-21,23,25H,3-14,17-19,22H2,1-2H3. The molecule has 0 N–H and O–H groups in total. The van der Waals surface area contributed by atoms with Gasteiger partial charge in [-0.1, -0.05) is 89.5 Å². The second-order valence-corrected chi connectivity index (χ2v) is 10.9. The zero-order valence-corrected chi connectivity index (χ0v) is 20.9.